The molecule has 2 aromatic carbocycles. The first-order chi connectivity index (χ1) is 14.1. The number of halogens is 1. The standard InChI is InChI=1S/C21H16BrN3O3S/c1-2-28-16-9-8-13(10-15(16)22)18-14(11-23-25-18)17(12-6-4-3-5-7-12)19-20(26)24-21(27)29-19/h3-11,26H,2H2,1H3,(H,24,27). The van der Waals surface area contributed by atoms with E-state index in [0.717, 1.165) is 38.3 Å². The van der Waals surface area contributed by atoms with Gasteiger partial charge in [0.05, 0.1) is 17.3 Å². The fourth-order valence-corrected chi connectivity index (χ4v) is 4.38. The molecule has 3 aromatic rings. The molecule has 0 saturated carbocycles. The fourth-order valence-electron chi connectivity index (χ4n) is 3.08. The fraction of sp³-hybridized carbons (Fsp3) is 0.0952. The highest BCUT2D eigenvalue weighted by Gasteiger charge is 2.24. The molecule has 2 N–H and O–H groups in total. The monoisotopic (exact) mass is 469 g/mol. The molecule has 0 unspecified atom stereocenters. The van der Waals surface area contributed by atoms with Crippen LogP contribution in [0.15, 0.2) is 73.6 Å². The molecule has 29 heavy (non-hydrogen) atoms. The van der Waals surface area contributed by atoms with Crippen molar-refractivity contribution in [1.82, 2.24) is 4.98 Å². The van der Waals surface area contributed by atoms with Gasteiger partial charge in [-0.15, -0.1) is 5.10 Å². The molecular weight excluding hydrogens is 454 g/mol. The molecular formula is C21H16BrN3O3S. The van der Waals surface area contributed by atoms with Gasteiger partial charge in [0.25, 0.3) is 0 Å². The molecule has 1 aliphatic heterocycles. The van der Waals surface area contributed by atoms with E-state index in [1.807, 2.05) is 55.5 Å². The summed E-state index contributed by atoms with van der Waals surface area (Å²) in [5.74, 6) is 0.574. The number of aromatic nitrogens is 1. The Morgan fingerprint density at radius 3 is 2.69 bits per heavy atom. The van der Waals surface area contributed by atoms with Gasteiger partial charge in [0, 0.05) is 16.7 Å². The highest BCUT2D eigenvalue weighted by atomic mass is 79.9. The van der Waals surface area contributed by atoms with Crippen molar-refractivity contribution < 1.29 is 9.84 Å². The van der Waals surface area contributed by atoms with Crippen LogP contribution in [-0.4, -0.2) is 28.6 Å². The van der Waals surface area contributed by atoms with Crippen molar-refractivity contribution in [1.29, 1.82) is 0 Å². The number of aromatic hydroxyl groups is 1. The van der Waals surface area contributed by atoms with Crippen LogP contribution in [-0.2, 0) is 0 Å². The molecule has 2 heterocycles. The van der Waals surface area contributed by atoms with E-state index in [1.54, 1.807) is 6.21 Å². The summed E-state index contributed by atoms with van der Waals surface area (Å²) in [4.78, 5) is 14.4. The predicted octanol–water partition coefficient (Wildman–Crippen LogP) is 4.59. The van der Waals surface area contributed by atoms with Crippen LogP contribution in [0.25, 0.3) is 5.57 Å². The van der Waals surface area contributed by atoms with E-state index in [1.165, 1.54) is 0 Å². The van der Waals surface area contributed by atoms with Crippen molar-refractivity contribution in [3.63, 3.8) is 0 Å². The van der Waals surface area contributed by atoms with Gasteiger partial charge in [-0.2, -0.15) is 5.10 Å². The zero-order chi connectivity index (χ0) is 20.4. The molecule has 1 aliphatic rings. The summed E-state index contributed by atoms with van der Waals surface area (Å²) >= 11 is 4.48. The molecule has 1 aromatic heterocycles. The van der Waals surface area contributed by atoms with Crippen LogP contribution in [0.3, 0.4) is 0 Å². The number of thiazole rings is 1. The molecule has 0 spiro atoms. The van der Waals surface area contributed by atoms with E-state index < -0.39 is 0 Å². The summed E-state index contributed by atoms with van der Waals surface area (Å²) in [5.41, 5.74) is 3.74. The number of benzene rings is 2. The second-order valence-electron chi connectivity index (χ2n) is 6.12. The Labute approximate surface area is 179 Å². The van der Waals surface area contributed by atoms with Gasteiger partial charge in [0.1, 0.15) is 16.3 Å². The van der Waals surface area contributed by atoms with Crippen LogP contribution in [0, 0.1) is 0 Å². The van der Waals surface area contributed by atoms with Crippen molar-refractivity contribution in [2.24, 2.45) is 10.2 Å². The lowest BCUT2D eigenvalue weighted by Crippen LogP contribution is -2.07. The lowest BCUT2D eigenvalue weighted by Gasteiger charge is -2.12. The van der Waals surface area contributed by atoms with E-state index >= 15 is 0 Å². The molecule has 0 fully saturated rings. The van der Waals surface area contributed by atoms with E-state index in [2.05, 4.69) is 31.1 Å². The molecule has 0 radical (unpaired) electrons. The third kappa shape index (κ3) is 3.81. The van der Waals surface area contributed by atoms with Gasteiger partial charge in [0.15, 0.2) is 0 Å². The maximum absolute atomic E-state index is 11.9. The first kappa shape index (κ1) is 19.4. The normalized spacial score (nSPS) is 14.8. The van der Waals surface area contributed by atoms with E-state index in [9.17, 15) is 9.90 Å². The quantitative estimate of drug-likeness (QED) is 0.572. The Kier molecular flexibility index (Phi) is 5.46. The Morgan fingerprint density at radius 2 is 2.03 bits per heavy atom. The first-order valence-corrected chi connectivity index (χ1v) is 10.5. The highest BCUT2D eigenvalue weighted by molar-refractivity contribution is 9.10. The summed E-state index contributed by atoms with van der Waals surface area (Å²) in [6.45, 7) is 2.49. The molecule has 0 atom stereocenters. The van der Waals surface area contributed by atoms with Gasteiger partial charge in [-0.05, 0) is 46.6 Å². The zero-order valence-electron chi connectivity index (χ0n) is 15.3. The van der Waals surface area contributed by atoms with Gasteiger partial charge >= 0.3 is 4.87 Å². The summed E-state index contributed by atoms with van der Waals surface area (Å²) in [7, 11) is 0. The second-order valence-corrected chi connectivity index (χ2v) is 7.96. The van der Waals surface area contributed by atoms with Gasteiger partial charge < -0.3 is 9.84 Å². The summed E-state index contributed by atoms with van der Waals surface area (Å²) < 4.78 is 6.39. The zero-order valence-corrected chi connectivity index (χ0v) is 17.8. The van der Waals surface area contributed by atoms with Crippen LogP contribution in [0.2, 0.25) is 0 Å². The number of allylic oxidation sites excluding steroid dienone is 1. The topological polar surface area (TPSA) is 87.0 Å². The van der Waals surface area contributed by atoms with Gasteiger partial charge in [0.2, 0.25) is 5.88 Å². The van der Waals surface area contributed by atoms with Gasteiger partial charge in [-0.3, -0.25) is 9.78 Å². The molecule has 0 bridgehead atoms. The smallest absolute Gasteiger partial charge is 0.307 e. The SMILES string of the molecule is CCOc1ccc(C2=NN=CC2=C(c2ccccc2)c2sc(=O)[nH]c2O)cc1Br. The van der Waals surface area contributed by atoms with Crippen molar-refractivity contribution >= 4 is 44.8 Å². The molecule has 6 nitrogen and oxygen atoms in total. The molecule has 146 valence electrons. The number of hydrogen-bond donors (Lipinski definition) is 2. The summed E-state index contributed by atoms with van der Waals surface area (Å²) in [5, 5.41) is 18.8. The van der Waals surface area contributed by atoms with Gasteiger partial charge in [-0.1, -0.05) is 41.7 Å². The molecule has 0 aliphatic carbocycles. The molecule has 4 rings (SSSR count). The highest BCUT2D eigenvalue weighted by Crippen LogP contribution is 2.36. The van der Waals surface area contributed by atoms with Crippen molar-refractivity contribution in [2.45, 2.75) is 6.92 Å². The van der Waals surface area contributed by atoms with Crippen LogP contribution in [0.5, 0.6) is 11.6 Å². The van der Waals surface area contributed by atoms with Crippen molar-refractivity contribution in [2.75, 3.05) is 6.61 Å². The third-order valence-corrected chi connectivity index (χ3v) is 5.80. The minimum absolute atomic E-state index is 0.168. The molecule has 0 saturated heterocycles. The minimum atomic E-state index is -0.330. The van der Waals surface area contributed by atoms with E-state index in [-0.39, 0.29) is 10.8 Å². The Hall–Kier alpha value is -2.97. The summed E-state index contributed by atoms with van der Waals surface area (Å²) in [6.07, 6.45) is 1.64. The maximum Gasteiger partial charge on any atom is 0.307 e. The summed E-state index contributed by atoms with van der Waals surface area (Å²) in [6, 6.07) is 15.2. The van der Waals surface area contributed by atoms with E-state index in [0.29, 0.717) is 22.8 Å². The average Bonchev–Trinajstić information content (AvgIpc) is 3.31. The lowest BCUT2D eigenvalue weighted by molar-refractivity contribution is 0.338. The number of aromatic amines is 1. The Morgan fingerprint density at radius 1 is 1.24 bits per heavy atom. The van der Waals surface area contributed by atoms with Crippen molar-refractivity contribution in [3.8, 4) is 11.6 Å². The largest absolute Gasteiger partial charge is 0.493 e. The second kappa shape index (κ2) is 8.18. The third-order valence-electron chi connectivity index (χ3n) is 4.29. The number of hydrogen-bond acceptors (Lipinski definition) is 6. The van der Waals surface area contributed by atoms with Crippen LogP contribution < -0.4 is 9.61 Å². The number of ether oxygens (including phenoxy) is 1. The molecule has 8 heteroatoms. The Bertz CT molecular complexity index is 1210. The van der Waals surface area contributed by atoms with Crippen molar-refractivity contribution in [3.05, 3.63) is 84.2 Å². The average molecular weight is 470 g/mol. The minimum Gasteiger partial charge on any atom is -0.493 e. The predicted molar refractivity (Wildman–Crippen MR) is 119 cm³/mol. The lowest BCUT2D eigenvalue weighted by atomic mass is 9.93. The maximum atomic E-state index is 11.9. The Balaban J connectivity index is 1.90. The number of nitrogens with zero attached hydrogens (tertiary/aromatic N) is 2. The van der Waals surface area contributed by atoms with Crippen LogP contribution in [0.1, 0.15) is 22.9 Å². The molecule has 0 amide bonds. The first-order valence-electron chi connectivity index (χ1n) is 8.84. The van der Waals surface area contributed by atoms with Gasteiger partial charge in [-0.25, -0.2) is 0 Å². The number of rotatable bonds is 5. The van der Waals surface area contributed by atoms with Crippen LogP contribution in [0.4, 0.5) is 0 Å². The van der Waals surface area contributed by atoms with Crippen LogP contribution >= 0.6 is 27.3 Å². The number of nitrogens with one attached hydrogen (secondary N) is 1. The van der Waals surface area contributed by atoms with E-state index in [4.69, 9.17) is 4.74 Å². The number of H-pyrrole nitrogens is 1.